The molecule has 126 valence electrons. The van der Waals surface area contributed by atoms with Gasteiger partial charge in [0.15, 0.2) is 0 Å². The summed E-state index contributed by atoms with van der Waals surface area (Å²) in [5, 5.41) is 0.201. The zero-order chi connectivity index (χ0) is 17.1. The Labute approximate surface area is 137 Å². The second-order valence-corrected chi connectivity index (χ2v) is 8.64. The van der Waals surface area contributed by atoms with Crippen molar-refractivity contribution in [2.75, 3.05) is 27.2 Å². The van der Waals surface area contributed by atoms with Crippen molar-refractivity contribution in [2.45, 2.75) is 20.4 Å². The van der Waals surface area contributed by atoms with Crippen LogP contribution in [0.4, 0.5) is 4.39 Å². The molecule has 1 aromatic carbocycles. The lowest BCUT2D eigenvalue weighted by molar-refractivity contribution is 0.277. The predicted molar refractivity (Wildman–Crippen MR) is 87.3 cm³/mol. The number of hydrogen-bond donors (Lipinski definition) is 1. The van der Waals surface area contributed by atoms with E-state index >= 15 is 0 Å². The van der Waals surface area contributed by atoms with Crippen LogP contribution in [0.1, 0.15) is 19.4 Å². The van der Waals surface area contributed by atoms with Crippen molar-refractivity contribution in [1.82, 2.24) is 8.61 Å². The van der Waals surface area contributed by atoms with Gasteiger partial charge in [-0.2, -0.15) is 17.0 Å². The lowest BCUT2D eigenvalue weighted by Gasteiger charge is -2.31. The fourth-order valence-electron chi connectivity index (χ4n) is 1.97. The lowest BCUT2D eigenvalue weighted by Crippen LogP contribution is -2.45. The number of rotatable bonds is 7. The quantitative estimate of drug-likeness (QED) is 0.817. The van der Waals surface area contributed by atoms with Gasteiger partial charge in [-0.15, -0.1) is 0 Å². The Morgan fingerprint density at radius 1 is 1.27 bits per heavy atom. The van der Waals surface area contributed by atoms with Crippen LogP contribution >= 0.6 is 11.6 Å². The van der Waals surface area contributed by atoms with E-state index in [1.165, 1.54) is 36.6 Å². The first kappa shape index (κ1) is 19.3. The number of hydrogen-bond acceptors (Lipinski definition) is 3. The molecule has 0 aliphatic rings. The van der Waals surface area contributed by atoms with E-state index in [9.17, 15) is 12.8 Å². The van der Waals surface area contributed by atoms with Gasteiger partial charge >= 0.3 is 0 Å². The Balaban J connectivity index is 2.94. The van der Waals surface area contributed by atoms with E-state index in [0.717, 1.165) is 4.31 Å². The fourth-order valence-corrected chi connectivity index (χ4v) is 3.48. The zero-order valence-electron chi connectivity index (χ0n) is 13.3. The van der Waals surface area contributed by atoms with E-state index in [1.807, 2.05) is 13.8 Å². The number of nitrogens with two attached hydrogens (primary N) is 1. The number of halogens is 2. The van der Waals surface area contributed by atoms with Crippen LogP contribution in [0.2, 0.25) is 5.02 Å². The van der Waals surface area contributed by atoms with E-state index in [4.69, 9.17) is 17.3 Å². The maximum absolute atomic E-state index is 13.8. The van der Waals surface area contributed by atoms with Gasteiger partial charge in [-0.1, -0.05) is 31.5 Å². The van der Waals surface area contributed by atoms with Gasteiger partial charge in [0.05, 0.1) is 0 Å². The topological polar surface area (TPSA) is 66.6 Å². The SMILES string of the molecule is CN(Cc1c(F)cccc1Cl)S(=O)(=O)N(C)CC(C)(C)CN. The molecule has 0 spiro atoms. The molecule has 2 N–H and O–H groups in total. The summed E-state index contributed by atoms with van der Waals surface area (Å²) in [7, 11) is -0.857. The molecule has 1 aromatic rings. The van der Waals surface area contributed by atoms with Crippen LogP contribution in [-0.2, 0) is 16.8 Å². The molecular weight excluding hydrogens is 329 g/mol. The van der Waals surface area contributed by atoms with Crippen molar-refractivity contribution < 1.29 is 12.8 Å². The standard InChI is InChI=1S/C14H23ClFN3O2S/c1-14(2,9-17)10-19(4)22(20,21)18(3)8-11-12(15)6-5-7-13(11)16/h5-7H,8-10,17H2,1-4H3. The molecule has 0 saturated heterocycles. The second kappa shape index (κ2) is 7.23. The molecule has 8 heteroatoms. The monoisotopic (exact) mass is 351 g/mol. The van der Waals surface area contributed by atoms with Crippen molar-refractivity contribution in [3.05, 3.63) is 34.6 Å². The zero-order valence-corrected chi connectivity index (χ0v) is 14.9. The van der Waals surface area contributed by atoms with Crippen molar-refractivity contribution in [3.63, 3.8) is 0 Å². The number of nitrogens with zero attached hydrogens (tertiary/aromatic N) is 2. The summed E-state index contributed by atoms with van der Waals surface area (Å²) in [4.78, 5) is 0. The Kier molecular flexibility index (Phi) is 6.35. The Morgan fingerprint density at radius 2 is 1.86 bits per heavy atom. The predicted octanol–water partition coefficient (Wildman–Crippen LogP) is 2.07. The molecule has 0 saturated carbocycles. The fraction of sp³-hybridized carbons (Fsp3) is 0.571. The molecule has 0 aliphatic heterocycles. The highest BCUT2D eigenvalue weighted by atomic mass is 35.5. The lowest BCUT2D eigenvalue weighted by atomic mass is 9.94. The Morgan fingerprint density at radius 3 is 2.36 bits per heavy atom. The third-order valence-corrected chi connectivity index (χ3v) is 5.62. The average molecular weight is 352 g/mol. The van der Waals surface area contributed by atoms with Crippen molar-refractivity contribution in [2.24, 2.45) is 11.1 Å². The summed E-state index contributed by atoms with van der Waals surface area (Å²) in [6.07, 6.45) is 0. The second-order valence-electron chi connectivity index (χ2n) is 6.09. The molecule has 1 rings (SSSR count). The molecule has 0 radical (unpaired) electrons. The average Bonchev–Trinajstić information content (AvgIpc) is 2.42. The first-order valence-corrected chi connectivity index (χ1v) is 8.59. The van der Waals surface area contributed by atoms with Crippen LogP contribution < -0.4 is 5.73 Å². The molecule has 0 heterocycles. The van der Waals surface area contributed by atoms with Crippen molar-refractivity contribution in [1.29, 1.82) is 0 Å². The van der Waals surface area contributed by atoms with Crippen molar-refractivity contribution >= 4 is 21.8 Å². The van der Waals surface area contributed by atoms with Crippen LogP contribution in [0.15, 0.2) is 18.2 Å². The highest BCUT2D eigenvalue weighted by Crippen LogP contribution is 2.23. The molecule has 0 fully saturated rings. The highest BCUT2D eigenvalue weighted by Gasteiger charge is 2.29. The minimum atomic E-state index is -3.73. The summed E-state index contributed by atoms with van der Waals surface area (Å²) < 4.78 is 41.1. The van der Waals surface area contributed by atoms with Crippen LogP contribution in [0.3, 0.4) is 0 Å². The van der Waals surface area contributed by atoms with Crippen LogP contribution in [-0.4, -0.2) is 44.2 Å². The first-order chi connectivity index (χ1) is 10.0. The number of benzene rings is 1. The van der Waals surface area contributed by atoms with E-state index in [-0.39, 0.29) is 29.1 Å². The maximum Gasteiger partial charge on any atom is 0.281 e. The van der Waals surface area contributed by atoms with Gasteiger partial charge in [0, 0.05) is 37.8 Å². The first-order valence-electron chi connectivity index (χ1n) is 6.82. The van der Waals surface area contributed by atoms with E-state index < -0.39 is 16.0 Å². The van der Waals surface area contributed by atoms with E-state index in [1.54, 1.807) is 0 Å². The molecule has 0 unspecified atom stereocenters. The van der Waals surface area contributed by atoms with Gasteiger partial charge in [-0.05, 0) is 24.1 Å². The summed E-state index contributed by atoms with van der Waals surface area (Å²) in [6.45, 7) is 4.25. The minimum absolute atomic E-state index is 0.138. The van der Waals surface area contributed by atoms with Gasteiger partial charge in [0.25, 0.3) is 10.2 Å². The highest BCUT2D eigenvalue weighted by molar-refractivity contribution is 7.86. The molecule has 0 bridgehead atoms. The van der Waals surface area contributed by atoms with E-state index in [2.05, 4.69) is 0 Å². The largest absolute Gasteiger partial charge is 0.330 e. The third-order valence-electron chi connectivity index (χ3n) is 3.43. The smallest absolute Gasteiger partial charge is 0.281 e. The van der Waals surface area contributed by atoms with E-state index in [0.29, 0.717) is 6.54 Å². The van der Waals surface area contributed by atoms with Crippen molar-refractivity contribution in [3.8, 4) is 0 Å². The van der Waals surface area contributed by atoms with Gasteiger partial charge in [0.2, 0.25) is 0 Å². The van der Waals surface area contributed by atoms with Gasteiger partial charge < -0.3 is 5.73 Å². The minimum Gasteiger partial charge on any atom is -0.330 e. The summed E-state index contributed by atoms with van der Waals surface area (Å²) in [6, 6.07) is 4.26. The normalized spacial score (nSPS) is 13.1. The Hall–Kier alpha value is -0.730. The molecule has 0 amide bonds. The summed E-state index contributed by atoms with van der Waals surface area (Å²) in [5.41, 5.74) is 5.44. The van der Waals surface area contributed by atoms with Crippen LogP contribution in [0.25, 0.3) is 0 Å². The summed E-state index contributed by atoms with van der Waals surface area (Å²) in [5.74, 6) is -0.528. The molecule has 5 nitrogen and oxygen atoms in total. The van der Waals surface area contributed by atoms with Gasteiger partial charge in [-0.3, -0.25) is 0 Å². The molecule has 0 aliphatic carbocycles. The molecule has 22 heavy (non-hydrogen) atoms. The van der Waals surface area contributed by atoms with Gasteiger partial charge in [0.1, 0.15) is 5.82 Å². The Bertz CT molecular complexity index is 602. The van der Waals surface area contributed by atoms with Crippen LogP contribution in [0, 0.1) is 11.2 Å². The molecular formula is C14H23ClFN3O2S. The van der Waals surface area contributed by atoms with Gasteiger partial charge in [-0.25, -0.2) is 4.39 Å². The van der Waals surface area contributed by atoms with Crippen LogP contribution in [0.5, 0.6) is 0 Å². The maximum atomic E-state index is 13.8. The molecule has 0 atom stereocenters. The molecule has 0 aromatic heterocycles. The summed E-state index contributed by atoms with van der Waals surface area (Å²) >= 11 is 5.94. The third kappa shape index (κ3) is 4.63.